The predicted molar refractivity (Wildman–Crippen MR) is 93.0 cm³/mol. The number of halogens is 1. The minimum Gasteiger partial charge on any atom is -0.494 e. The summed E-state index contributed by atoms with van der Waals surface area (Å²) in [5.74, 6) is -0.598. The normalized spacial score (nSPS) is 11.1. The first kappa shape index (κ1) is 17.5. The van der Waals surface area contributed by atoms with Crippen LogP contribution in [0.1, 0.15) is 18.1 Å². The SMILES string of the molecule is COc1ccc(/C(C)=N\NC(=O)CNc2ccc(C)cc2)cc1F. The van der Waals surface area contributed by atoms with Gasteiger partial charge in [0.15, 0.2) is 11.6 Å². The average Bonchev–Trinajstić information content (AvgIpc) is 2.59. The highest BCUT2D eigenvalue weighted by atomic mass is 19.1. The van der Waals surface area contributed by atoms with Crippen LogP contribution in [0, 0.1) is 12.7 Å². The lowest BCUT2D eigenvalue weighted by Gasteiger charge is -2.07. The molecule has 24 heavy (non-hydrogen) atoms. The maximum absolute atomic E-state index is 13.7. The quantitative estimate of drug-likeness (QED) is 0.632. The maximum Gasteiger partial charge on any atom is 0.259 e. The highest BCUT2D eigenvalue weighted by Crippen LogP contribution is 2.18. The second kappa shape index (κ2) is 8.10. The molecule has 0 saturated carbocycles. The van der Waals surface area contributed by atoms with E-state index in [-0.39, 0.29) is 18.2 Å². The molecule has 0 aliphatic carbocycles. The number of benzene rings is 2. The van der Waals surface area contributed by atoms with Crippen LogP contribution in [0.15, 0.2) is 47.6 Å². The van der Waals surface area contributed by atoms with Gasteiger partial charge in [-0.1, -0.05) is 17.7 Å². The zero-order valence-electron chi connectivity index (χ0n) is 13.9. The van der Waals surface area contributed by atoms with E-state index in [9.17, 15) is 9.18 Å². The van der Waals surface area contributed by atoms with E-state index in [0.29, 0.717) is 11.3 Å². The van der Waals surface area contributed by atoms with Crippen molar-refractivity contribution < 1.29 is 13.9 Å². The van der Waals surface area contributed by atoms with Crippen molar-refractivity contribution in [1.29, 1.82) is 0 Å². The van der Waals surface area contributed by atoms with Gasteiger partial charge in [-0.3, -0.25) is 4.79 Å². The van der Waals surface area contributed by atoms with Gasteiger partial charge in [-0.15, -0.1) is 0 Å². The van der Waals surface area contributed by atoms with Crippen molar-refractivity contribution in [2.24, 2.45) is 5.10 Å². The van der Waals surface area contributed by atoms with E-state index in [1.807, 2.05) is 31.2 Å². The molecule has 2 aromatic rings. The van der Waals surface area contributed by atoms with E-state index in [0.717, 1.165) is 11.3 Å². The maximum atomic E-state index is 13.7. The van der Waals surface area contributed by atoms with Gasteiger partial charge in [0.1, 0.15) is 0 Å². The summed E-state index contributed by atoms with van der Waals surface area (Å²) in [6, 6.07) is 12.2. The summed E-state index contributed by atoms with van der Waals surface area (Å²) in [6.07, 6.45) is 0. The minimum atomic E-state index is -0.475. The van der Waals surface area contributed by atoms with Crippen LogP contribution in [0.3, 0.4) is 0 Å². The Bertz CT molecular complexity index is 742. The molecule has 6 heteroatoms. The fraction of sp³-hybridized carbons (Fsp3) is 0.222. The lowest BCUT2D eigenvalue weighted by atomic mass is 10.1. The largest absolute Gasteiger partial charge is 0.494 e. The average molecular weight is 329 g/mol. The van der Waals surface area contributed by atoms with E-state index < -0.39 is 5.82 Å². The van der Waals surface area contributed by atoms with Gasteiger partial charge in [-0.05, 0) is 44.2 Å². The number of amides is 1. The molecule has 2 aromatic carbocycles. The topological polar surface area (TPSA) is 62.7 Å². The van der Waals surface area contributed by atoms with E-state index in [4.69, 9.17) is 4.74 Å². The molecule has 0 aromatic heterocycles. The van der Waals surface area contributed by atoms with Gasteiger partial charge >= 0.3 is 0 Å². The van der Waals surface area contributed by atoms with Crippen molar-refractivity contribution >= 4 is 17.3 Å². The molecule has 0 bridgehead atoms. The number of rotatable bonds is 6. The van der Waals surface area contributed by atoms with E-state index in [1.165, 1.54) is 19.2 Å². The van der Waals surface area contributed by atoms with Crippen molar-refractivity contribution in [2.45, 2.75) is 13.8 Å². The van der Waals surface area contributed by atoms with Crippen molar-refractivity contribution in [2.75, 3.05) is 19.0 Å². The van der Waals surface area contributed by atoms with Crippen LogP contribution in [0.5, 0.6) is 5.75 Å². The van der Waals surface area contributed by atoms with Gasteiger partial charge in [0.05, 0.1) is 19.4 Å². The summed E-state index contributed by atoms with van der Waals surface area (Å²) in [5.41, 5.74) is 5.52. The number of carbonyl (C=O) groups excluding carboxylic acids is 1. The van der Waals surface area contributed by atoms with Gasteiger partial charge in [0, 0.05) is 11.3 Å². The van der Waals surface area contributed by atoms with Crippen LogP contribution in [-0.2, 0) is 4.79 Å². The summed E-state index contributed by atoms with van der Waals surface area (Å²) in [4.78, 5) is 11.8. The summed E-state index contributed by atoms with van der Waals surface area (Å²) in [5, 5.41) is 6.99. The number of hydrogen-bond donors (Lipinski definition) is 2. The lowest BCUT2D eigenvalue weighted by molar-refractivity contribution is -0.119. The Morgan fingerprint density at radius 2 is 1.92 bits per heavy atom. The van der Waals surface area contributed by atoms with Gasteiger partial charge in [-0.25, -0.2) is 9.82 Å². The number of hydrogen-bond acceptors (Lipinski definition) is 4. The fourth-order valence-corrected chi connectivity index (χ4v) is 2.00. The number of carbonyl (C=O) groups is 1. The van der Waals surface area contributed by atoms with Crippen molar-refractivity contribution in [3.63, 3.8) is 0 Å². The Kier molecular flexibility index (Phi) is 5.89. The Morgan fingerprint density at radius 3 is 2.54 bits per heavy atom. The molecule has 0 unspecified atom stereocenters. The van der Waals surface area contributed by atoms with Crippen LogP contribution < -0.4 is 15.5 Å². The molecule has 126 valence electrons. The molecular formula is C18H20FN3O2. The molecule has 0 aliphatic rings. The zero-order chi connectivity index (χ0) is 17.5. The molecule has 0 radical (unpaired) electrons. The Morgan fingerprint density at radius 1 is 1.21 bits per heavy atom. The van der Waals surface area contributed by atoms with Crippen LogP contribution in [0.25, 0.3) is 0 Å². The number of anilines is 1. The molecule has 0 spiro atoms. The first-order valence-corrected chi connectivity index (χ1v) is 7.47. The van der Waals surface area contributed by atoms with E-state index >= 15 is 0 Å². The zero-order valence-corrected chi connectivity index (χ0v) is 13.9. The minimum absolute atomic E-state index is 0.0941. The van der Waals surface area contributed by atoms with Crippen LogP contribution in [0.2, 0.25) is 0 Å². The van der Waals surface area contributed by atoms with Crippen LogP contribution >= 0.6 is 0 Å². The van der Waals surface area contributed by atoms with Gasteiger partial charge < -0.3 is 10.1 Å². The number of ether oxygens (including phenoxy) is 1. The summed E-state index contributed by atoms with van der Waals surface area (Å²) < 4.78 is 18.5. The monoisotopic (exact) mass is 329 g/mol. The second-order valence-corrected chi connectivity index (χ2v) is 5.30. The molecule has 5 nitrogen and oxygen atoms in total. The Hall–Kier alpha value is -2.89. The van der Waals surface area contributed by atoms with Gasteiger partial charge in [0.2, 0.25) is 0 Å². The summed E-state index contributed by atoms with van der Waals surface area (Å²) in [7, 11) is 1.40. The first-order chi connectivity index (χ1) is 11.5. The van der Waals surface area contributed by atoms with Gasteiger partial charge in [-0.2, -0.15) is 5.10 Å². The third kappa shape index (κ3) is 4.81. The van der Waals surface area contributed by atoms with Crippen molar-refractivity contribution in [3.8, 4) is 5.75 Å². The van der Waals surface area contributed by atoms with E-state index in [2.05, 4.69) is 15.8 Å². The molecule has 1 amide bonds. The molecular weight excluding hydrogens is 309 g/mol. The number of aryl methyl sites for hydroxylation is 1. The molecule has 0 heterocycles. The first-order valence-electron chi connectivity index (χ1n) is 7.47. The van der Waals surface area contributed by atoms with Crippen LogP contribution in [0.4, 0.5) is 10.1 Å². The second-order valence-electron chi connectivity index (χ2n) is 5.30. The molecule has 0 atom stereocenters. The number of hydrazone groups is 1. The van der Waals surface area contributed by atoms with E-state index in [1.54, 1.807) is 13.0 Å². The third-order valence-corrected chi connectivity index (χ3v) is 3.42. The molecule has 0 saturated heterocycles. The van der Waals surface area contributed by atoms with Gasteiger partial charge in [0.25, 0.3) is 5.91 Å². The van der Waals surface area contributed by atoms with Crippen molar-refractivity contribution in [3.05, 3.63) is 59.4 Å². The van der Waals surface area contributed by atoms with Crippen molar-refractivity contribution in [1.82, 2.24) is 5.43 Å². The molecule has 0 aliphatic heterocycles. The Balaban J connectivity index is 1.90. The number of methoxy groups -OCH3 is 1. The molecule has 0 fully saturated rings. The fourth-order valence-electron chi connectivity index (χ4n) is 2.00. The number of nitrogens with one attached hydrogen (secondary N) is 2. The number of nitrogens with zero attached hydrogens (tertiary/aromatic N) is 1. The molecule has 2 rings (SSSR count). The third-order valence-electron chi connectivity index (χ3n) is 3.42. The predicted octanol–water partition coefficient (Wildman–Crippen LogP) is 3.10. The lowest BCUT2D eigenvalue weighted by Crippen LogP contribution is -2.26. The summed E-state index contributed by atoms with van der Waals surface area (Å²) in [6.45, 7) is 3.78. The Labute approximate surface area is 140 Å². The standard InChI is InChI=1S/C18H20FN3O2/c1-12-4-7-15(8-5-12)20-11-18(23)22-21-13(2)14-6-9-17(24-3)16(19)10-14/h4-10,20H,11H2,1-3H3,(H,22,23)/b21-13-. The van der Waals surface area contributed by atoms with Crippen LogP contribution in [-0.4, -0.2) is 25.3 Å². The highest BCUT2D eigenvalue weighted by molar-refractivity contribution is 5.99. The summed E-state index contributed by atoms with van der Waals surface area (Å²) >= 11 is 0. The highest BCUT2D eigenvalue weighted by Gasteiger charge is 2.06. The molecule has 2 N–H and O–H groups in total. The smallest absolute Gasteiger partial charge is 0.259 e.